The summed E-state index contributed by atoms with van der Waals surface area (Å²) in [5.41, 5.74) is 1.61. The van der Waals surface area contributed by atoms with Crippen molar-refractivity contribution in [3.8, 4) is 0 Å². The molecule has 1 aromatic carbocycles. The quantitative estimate of drug-likeness (QED) is 0.882. The van der Waals surface area contributed by atoms with Crippen LogP contribution in [-0.4, -0.2) is 19.0 Å². The highest BCUT2D eigenvalue weighted by atomic mass is 35.5. The summed E-state index contributed by atoms with van der Waals surface area (Å²) in [5.74, 6) is -0.0899. The van der Waals surface area contributed by atoms with Crippen LogP contribution in [0.15, 0.2) is 14.8 Å². The molecule has 0 unspecified atom stereocenters. The Morgan fingerprint density at radius 1 is 1.35 bits per heavy atom. The number of benzene rings is 1. The Balaban J connectivity index is 1.86. The molecular formula is C12H12Cl2N4OS. The number of hydrogen-bond donors (Lipinski definition) is 2. The first kappa shape index (κ1) is 14.0. The number of nitrogens with one attached hydrogen (secondary N) is 2. The zero-order valence-electron chi connectivity index (χ0n) is 10.4. The van der Waals surface area contributed by atoms with Gasteiger partial charge in [0.25, 0.3) is 0 Å². The molecule has 2 N–H and O–H groups in total. The number of fused-ring (bicyclic) bond motifs is 1. The van der Waals surface area contributed by atoms with Crippen molar-refractivity contribution in [1.82, 2.24) is 5.32 Å². The lowest BCUT2D eigenvalue weighted by molar-refractivity contribution is -0.120. The molecule has 0 bridgehead atoms. The Morgan fingerprint density at radius 3 is 2.90 bits per heavy atom. The van der Waals surface area contributed by atoms with Gasteiger partial charge in [-0.1, -0.05) is 23.2 Å². The molecule has 2 aliphatic rings. The second-order valence-corrected chi connectivity index (χ2v) is 6.05. The third kappa shape index (κ3) is 2.61. The first-order chi connectivity index (χ1) is 9.66. The number of carbonyl (C=O) groups excluding carboxylic acids is 1. The molecule has 1 saturated heterocycles. The monoisotopic (exact) mass is 330 g/mol. The summed E-state index contributed by atoms with van der Waals surface area (Å²) in [7, 11) is 0. The van der Waals surface area contributed by atoms with Crippen molar-refractivity contribution in [2.45, 2.75) is 12.8 Å². The maximum Gasteiger partial charge on any atom is 0.228 e. The minimum absolute atomic E-state index is 0.0443. The zero-order chi connectivity index (χ0) is 14.1. The maximum absolute atomic E-state index is 12.3. The third-order valence-corrected chi connectivity index (χ3v) is 4.47. The van der Waals surface area contributed by atoms with Gasteiger partial charge < -0.3 is 10.6 Å². The van der Waals surface area contributed by atoms with Gasteiger partial charge >= 0.3 is 0 Å². The van der Waals surface area contributed by atoms with Gasteiger partial charge in [-0.25, -0.2) is 0 Å². The summed E-state index contributed by atoms with van der Waals surface area (Å²) in [4.78, 5) is 12.3. The normalized spacial score (nSPS) is 20.4. The van der Waals surface area contributed by atoms with Crippen molar-refractivity contribution in [3.63, 3.8) is 0 Å². The fraction of sp³-hybridized carbons (Fsp3) is 0.417. The number of anilines is 1. The highest BCUT2D eigenvalue weighted by Gasteiger charge is 2.25. The summed E-state index contributed by atoms with van der Waals surface area (Å²) in [6.45, 7) is 1.65. The number of hydrogen-bond acceptors (Lipinski definition) is 4. The minimum Gasteiger partial charge on any atom is -0.323 e. The van der Waals surface area contributed by atoms with E-state index in [0.717, 1.165) is 30.7 Å². The molecule has 0 spiro atoms. The summed E-state index contributed by atoms with van der Waals surface area (Å²) >= 11 is 13.3. The van der Waals surface area contributed by atoms with Crippen LogP contribution >= 0.6 is 23.2 Å². The van der Waals surface area contributed by atoms with Crippen molar-refractivity contribution in [3.05, 3.63) is 16.1 Å². The average Bonchev–Trinajstić information content (AvgIpc) is 2.94. The van der Waals surface area contributed by atoms with Gasteiger partial charge in [0.2, 0.25) is 5.91 Å². The highest BCUT2D eigenvalue weighted by Crippen LogP contribution is 2.47. The smallest absolute Gasteiger partial charge is 0.228 e. The maximum atomic E-state index is 12.3. The van der Waals surface area contributed by atoms with Crippen LogP contribution < -0.4 is 10.6 Å². The van der Waals surface area contributed by atoms with Gasteiger partial charge in [0.1, 0.15) is 11.4 Å². The molecule has 0 aromatic heterocycles. The molecule has 3 rings (SSSR count). The van der Waals surface area contributed by atoms with Crippen molar-refractivity contribution < 1.29 is 4.79 Å². The van der Waals surface area contributed by atoms with E-state index < -0.39 is 0 Å². The Labute approximate surface area is 129 Å². The van der Waals surface area contributed by atoms with E-state index in [2.05, 4.69) is 19.4 Å². The molecule has 5 nitrogen and oxygen atoms in total. The van der Waals surface area contributed by atoms with Gasteiger partial charge in [0.15, 0.2) is 0 Å². The topological polar surface area (TPSA) is 65.8 Å². The van der Waals surface area contributed by atoms with E-state index in [1.165, 1.54) is 0 Å². The number of carbonyl (C=O) groups is 1. The molecule has 0 aliphatic carbocycles. The van der Waals surface area contributed by atoms with Gasteiger partial charge in [-0.2, -0.15) is 8.73 Å². The average molecular weight is 331 g/mol. The van der Waals surface area contributed by atoms with Crippen LogP contribution in [0.25, 0.3) is 0 Å². The fourth-order valence-electron chi connectivity index (χ4n) is 2.29. The van der Waals surface area contributed by atoms with Gasteiger partial charge in [0.05, 0.1) is 33.0 Å². The first-order valence-electron chi connectivity index (χ1n) is 6.28. The van der Waals surface area contributed by atoms with E-state index in [-0.39, 0.29) is 11.8 Å². The van der Waals surface area contributed by atoms with Crippen molar-refractivity contribution >= 4 is 57.5 Å². The van der Waals surface area contributed by atoms with E-state index >= 15 is 0 Å². The zero-order valence-corrected chi connectivity index (χ0v) is 12.8. The number of piperidine rings is 1. The molecule has 8 heteroatoms. The van der Waals surface area contributed by atoms with Gasteiger partial charge in [-0.3, -0.25) is 4.79 Å². The highest BCUT2D eigenvalue weighted by molar-refractivity contribution is 7.58. The summed E-state index contributed by atoms with van der Waals surface area (Å²) in [5, 5.41) is 6.91. The minimum atomic E-state index is -0.0456. The Kier molecular flexibility index (Phi) is 4.07. The number of amides is 1. The lowest BCUT2D eigenvalue weighted by atomic mass is 9.98. The van der Waals surface area contributed by atoms with Crippen LogP contribution in [-0.2, 0) is 16.1 Å². The van der Waals surface area contributed by atoms with Crippen molar-refractivity contribution in [2.75, 3.05) is 18.4 Å². The lowest BCUT2D eigenvalue weighted by Crippen LogP contribution is -2.37. The molecule has 0 saturated carbocycles. The van der Waals surface area contributed by atoms with Gasteiger partial charge in [-0.05, 0) is 25.5 Å². The van der Waals surface area contributed by atoms with Crippen LogP contribution in [0.4, 0.5) is 17.1 Å². The number of nitrogens with zero attached hydrogens (tertiary/aromatic N) is 2. The third-order valence-electron chi connectivity index (χ3n) is 3.36. The Morgan fingerprint density at radius 2 is 2.15 bits per heavy atom. The summed E-state index contributed by atoms with van der Waals surface area (Å²) in [6, 6.07) is 1.58. The van der Waals surface area contributed by atoms with Crippen LogP contribution in [0.3, 0.4) is 0 Å². The molecule has 0 radical (unpaired) electrons. The molecule has 1 fully saturated rings. The van der Waals surface area contributed by atoms with Gasteiger partial charge in [0, 0.05) is 6.54 Å². The van der Waals surface area contributed by atoms with E-state index in [4.69, 9.17) is 23.2 Å². The van der Waals surface area contributed by atoms with Crippen molar-refractivity contribution in [2.24, 2.45) is 14.6 Å². The first-order valence-corrected chi connectivity index (χ1v) is 7.77. The van der Waals surface area contributed by atoms with Crippen LogP contribution in [0, 0.1) is 5.92 Å². The molecule has 1 atom stereocenters. The van der Waals surface area contributed by atoms with Crippen LogP contribution in [0.5, 0.6) is 0 Å². The van der Waals surface area contributed by atoms with Crippen LogP contribution in [0.2, 0.25) is 10.0 Å². The Hall–Kier alpha value is -0.950. The summed E-state index contributed by atoms with van der Waals surface area (Å²) in [6.07, 6.45) is 1.88. The summed E-state index contributed by atoms with van der Waals surface area (Å²) < 4.78 is 8.29. The molecule has 2 aliphatic heterocycles. The molecular weight excluding hydrogens is 319 g/mol. The van der Waals surface area contributed by atoms with E-state index in [0.29, 0.717) is 33.7 Å². The van der Waals surface area contributed by atoms with E-state index in [1.807, 2.05) is 0 Å². The standard InChI is InChI=1S/C12H12Cl2N4OS/c13-7-4-8(14)10-11(18-20-17-10)9(7)16-12(19)6-2-1-3-15-5-6/h4,6,15H,1-3,5H2,(H,16,19)/t6-/m1/s1. The largest absolute Gasteiger partial charge is 0.323 e. The Bertz CT molecular complexity index is 637. The molecule has 2 heterocycles. The van der Waals surface area contributed by atoms with E-state index in [9.17, 15) is 4.79 Å². The number of halogens is 2. The predicted molar refractivity (Wildman–Crippen MR) is 82.2 cm³/mol. The fourth-order valence-corrected chi connectivity index (χ4v) is 3.45. The second-order valence-electron chi connectivity index (χ2n) is 4.71. The second kappa shape index (κ2) is 5.81. The molecule has 1 amide bonds. The lowest BCUT2D eigenvalue weighted by Gasteiger charge is -2.22. The van der Waals surface area contributed by atoms with E-state index in [1.54, 1.807) is 6.07 Å². The predicted octanol–water partition coefficient (Wildman–Crippen LogP) is 3.66. The van der Waals surface area contributed by atoms with Crippen molar-refractivity contribution in [1.29, 1.82) is 0 Å². The van der Waals surface area contributed by atoms with Gasteiger partial charge in [-0.15, -0.1) is 0 Å². The molecule has 20 heavy (non-hydrogen) atoms. The van der Waals surface area contributed by atoms with Crippen LogP contribution in [0.1, 0.15) is 12.8 Å². The molecule has 1 aromatic rings. The SMILES string of the molecule is O=C(Nc1c(Cl)cc(Cl)c2c1N=S=N2)[C@@H]1CCCNC1. The number of rotatable bonds is 2. The molecule has 106 valence electrons.